The number of amides is 1. The molecule has 0 saturated carbocycles. The number of carbonyl (C=O) groups is 1. The van der Waals surface area contributed by atoms with E-state index in [-0.39, 0.29) is 5.91 Å². The lowest BCUT2D eigenvalue weighted by Crippen LogP contribution is -2.23. The number of thiophene rings is 1. The molecule has 1 amide bonds. The topological polar surface area (TPSA) is 77.0 Å². The number of rotatable bonds is 8. The second-order valence-corrected chi connectivity index (χ2v) is 7.38. The number of carbonyl (C=O) groups excluding carboxylic acids is 1. The van der Waals surface area contributed by atoms with Gasteiger partial charge in [0.25, 0.3) is 5.91 Å². The fraction of sp³-hybridized carbons (Fsp3) is 0.227. The van der Waals surface area contributed by atoms with Gasteiger partial charge in [-0.3, -0.25) is 4.79 Å². The van der Waals surface area contributed by atoms with Crippen LogP contribution in [0.1, 0.15) is 31.8 Å². The van der Waals surface area contributed by atoms with Crippen molar-refractivity contribution in [2.24, 2.45) is 0 Å². The van der Waals surface area contributed by atoms with Crippen LogP contribution in [0.15, 0.2) is 54.6 Å². The maximum atomic E-state index is 12.7. The number of hydrogen-bond donors (Lipinski definition) is 2. The lowest BCUT2D eigenvalue weighted by atomic mass is 10.1. The second-order valence-electron chi connectivity index (χ2n) is 6.18. The Labute approximate surface area is 173 Å². The molecule has 2 N–H and O–H groups in total. The van der Waals surface area contributed by atoms with E-state index in [4.69, 9.17) is 14.2 Å². The smallest absolute Gasteiger partial charge is 0.255 e. The summed E-state index contributed by atoms with van der Waals surface area (Å²) in [5, 5.41) is 13.4. The van der Waals surface area contributed by atoms with Crippen LogP contribution in [0.2, 0.25) is 0 Å². The van der Waals surface area contributed by atoms with Crippen LogP contribution in [-0.2, 0) is 6.54 Å². The zero-order valence-corrected chi connectivity index (χ0v) is 17.3. The van der Waals surface area contributed by atoms with Crippen LogP contribution in [0.5, 0.6) is 17.2 Å². The summed E-state index contributed by atoms with van der Waals surface area (Å²) in [6.45, 7) is 0.336. The minimum Gasteiger partial charge on any atom is -0.493 e. The Balaban J connectivity index is 1.71. The highest BCUT2D eigenvalue weighted by atomic mass is 32.1. The first-order chi connectivity index (χ1) is 14.1. The summed E-state index contributed by atoms with van der Waals surface area (Å²) in [6.07, 6.45) is -0.684. The van der Waals surface area contributed by atoms with Gasteiger partial charge in [-0.2, -0.15) is 0 Å². The number of benzene rings is 2. The molecular formula is C22H23NO5S. The fourth-order valence-electron chi connectivity index (χ4n) is 2.98. The van der Waals surface area contributed by atoms with Crippen LogP contribution in [-0.4, -0.2) is 32.3 Å². The van der Waals surface area contributed by atoms with Crippen LogP contribution in [0.3, 0.4) is 0 Å². The zero-order valence-electron chi connectivity index (χ0n) is 16.5. The van der Waals surface area contributed by atoms with E-state index in [1.165, 1.54) is 32.7 Å². The third-order valence-electron chi connectivity index (χ3n) is 4.44. The standard InChI is InChI=1S/C22H23NO5S/c1-26-17-11-10-16(20(27-2)21(17)28-3)22(25)23-13-15-9-12-18(29-15)19(24)14-7-5-4-6-8-14/h4-12,19,24H,13H2,1-3H3,(H,23,25). The van der Waals surface area contributed by atoms with Crippen LogP contribution >= 0.6 is 11.3 Å². The first-order valence-electron chi connectivity index (χ1n) is 8.97. The lowest BCUT2D eigenvalue weighted by molar-refractivity contribution is 0.0947. The van der Waals surface area contributed by atoms with Gasteiger partial charge in [-0.05, 0) is 29.8 Å². The molecule has 7 heteroatoms. The van der Waals surface area contributed by atoms with Gasteiger partial charge in [0.05, 0.1) is 33.4 Å². The van der Waals surface area contributed by atoms with Gasteiger partial charge < -0.3 is 24.6 Å². The Morgan fingerprint density at radius 1 is 0.966 bits per heavy atom. The molecule has 0 fully saturated rings. The highest BCUT2D eigenvalue weighted by molar-refractivity contribution is 7.12. The van der Waals surface area contributed by atoms with E-state index in [1.54, 1.807) is 12.1 Å². The summed E-state index contributed by atoms with van der Waals surface area (Å²) in [5.74, 6) is 0.878. The number of nitrogens with one attached hydrogen (secondary N) is 1. The van der Waals surface area contributed by atoms with Gasteiger partial charge in [-0.1, -0.05) is 30.3 Å². The molecule has 1 aromatic heterocycles. The molecule has 0 bridgehead atoms. The van der Waals surface area contributed by atoms with Crippen LogP contribution in [0.4, 0.5) is 0 Å². The van der Waals surface area contributed by atoms with Gasteiger partial charge in [0.1, 0.15) is 6.10 Å². The molecule has 6 nitrogen and oxygen atoms in total. The average molecular weight is 413 g/mol. The van der Waals surface area contributed by atoms with Crippen LogP contribution in [0, 0.1) is 0 Å². The molecule has 1 unspecified atom stereocenters. The Kier molecular flexibility index (Phi) is 6.74. The summed E-state index contributed by atoms with van der Waals surface area (Å²) in [5.41, 5.74) is 1.19. The van der Waals surface area contributed by atoms with Gasteiger partial charge in [-0.15, -0.1) is 11.3 Å². The quantitative estimate of drug-likeness (QED) is 0.588. The van der Waals surface area contributed by atoms with E-state index >= 15 is 0 Å². The molecule has 0 radical (unpaired) electrons. The summed E-state index contributed by atoms with van der Waals surface area (Å²) in [6, 6.07) is 16.5. The first kappa shape index (κ1) is 20.7. The minimum atomic E-state index is -0.684. The third kappa shape index (κ3) is 4.52. The van der Waals surface area contributed by atoms with E-state index < -0.39 is 6.10 Å². The average Bonchev–Trinajstić information content (AvgIpc) is 3.25. The maximum absolute atomic E-state index is 12.7. The number of aliphatic hydroxyl groups is 1. The number of hydrogen-bond acceptors (Lipinski definition) is 6. The second kappa shape index (κ2) is 9.45. The Hall–Kier alpha value is -3.03. The van der Waals surface area contributed by atoms with Gasteiger partial charge in [0.2, 0.25) is 5.75 Å². The van der Waals surface area contributed by atoms with Gasteiger partial charge >= 0.3 is 0 Å². The Morgan fingerprint density at radius 2 is 1.69 bits per heavy atom. The predicted octanol–water partition coefficient (Wildman–Crippen LogP) is 3.79. The normalized spacial score (nSPS) is 11.6. The van der Waals surface area contributed by atoms with Crippen LogP contribution in [0.25, 0.3) is 0 Å². The summed E-state index contributed by atoms with van der Waals surface area (Å²) < 4.78 is 15.9. The highest BCUT2D eigenvalue weighted by Gasteiger charge is 2.21. The summed E-state index contributed by atoms with van der Waals surface area (Å²) >= 11 is 1.46. The van der Waals surface area contributed by atoms with Crippen molar-refractivity contribution in [1.82, 2.24) is 5.32 Å². The van der Waals surface area contributed by atoms with Gasteiger partial charge in [0, 0.05) is 9.75 Å². The van der Waals surface area contributed by atoms with Crippen molar-refractivity contribution in [3.8, 4) is 17.2 Å². The molecular weight excluding hydrogens is 390 g/mol. The minimum absolute atomic E-state index is 0.290. The molecule has 3 aromatic rings. The van der Waals surface area contributed by atoms with E-state index in [9.17, 15) is 9.90 Å². The molecule has 152 valence electrons. The van der Waals surface area contributed by atoms with Gasteiger partial charge in [0.15, 0.2) is 11.5 Å². The molecule has 0 aliphatic heterocycles. The van der Waals surface area contributed by atoms with Crippen molar-refractivity contribution < 1.29 is 24.1 Å². The Morgan fingerprint density at radius 3 is 2.34 bits per heavy atom. The predicted molar refractivity (Wildman–Crippen MR) is 112 cm³/mol. The maximum Gasteiger partial charge on any atom is 0.255 e. The lowest BCUT2D eigenvalue weighted by Gasteiger charge is -2.15. The van der Waals surface area contributed by atoms with Crippen molar-refractivity contribution in [2.45, 2.75) is 12.6 Å². The number of ether oxygens (including phenoxy) is 3. The molecule has 0 saturated heterocycles. The van der Waals surface area contributed by atoms with E-state index in [0.29, 0.717) is 29.4 Å². The van der Waals surface area contributed by atoms with Crippen molar-refractivity contribution >= 4 is 17.2 Å². The molecule has 0 aliphatic rings. The van der Waals surface area contributed by atoms with E-state index in [1.807, 2.05) is 42.5 Å². The highest BCUT2D eigenvalue weighted by Crippen LogP contribution is 2.39. The van der Waals surface area contributed by atoms with Crippen molar-refractivity contribution in [2.75, 3.05) is 21.3 Å². The number of methoxy groups -OCH3 is 3. The first-order valence-corrected chi connectivity index (χ1v) is 9.79. The van der Waals surface area contributed by atoms with E-state index in [0.717, 1.165) is 15.3 Å². The molecule has 3 rings (SSSR count). The summed E-state index contributed by atoms with van der Waals surface area (Å²) in [7, 11) is 4.49. The number of aliphatic hydroxyl groups excluding tert-OH is 1. The molecule has 1 heterocycles. The zero-order chi connectivity index (χ0) is 20.8. The molecule has 1 atom stereocenters. The van der Waals surface area contributed by atoms with Gasteiger partial charge in [-0.25, -0.2) is 0 Å². The SMILES string of the molecule is COc1ccc(C(=O)NCc2ccc(C(O)c3ccccc3)s2)c(OC)c1OC. The summed E-state index contributed by atoms with van der Waals surface area (Å²) in [4.78, 5) is 14.5. The van der Waals surface area contributed by atoms with Crippen molar-refractivity contribution in [1.29, 1.82) is 0 Å². The monoisotopic (exact) mass is 413 g/mol. The van der Waals surface area contributed by atoms with E-state index in [2.05, 4.69) is 5.32 Å². The fourth-order valence-corrected chi connectivity index (χ4v) is 3.95. The van der Waals surface area contributed by atoms with Crippen molar-refractivity contribution in [3.05, 3.63) is 75.5 Å². The Bertz CT molecular complexity index is 971. The molecule has 0 spiro atoms. The van der Waals surface area contributed by atoms with Crippen LogP contribution < -0.4 is 19.5 Å². The molecule has 29 heavy (non-hydrogen) atoms. The largest absolute Gasteiger partial charge is 0.493 e. The molecule has 0 aliphatic carbocycles. The third-order valence-corrected chi connectivity index (χ3v) is 5.58. The molecule has 2 aromatic carbocycles. The van der Waals surface area contributed by atoms with Crippen molar-refractivity contribution in [3.63, 3.8) is 0 Å².